The van der Waals surface area contributed by atoms with E-state index in [2.05, 4.69) is 9.97 Å². The molecule has 0 amide bonds. The monoisotopic (exact) mass is 958 g/mol. The van der Waals surface area contributed by atoms with Crippen molar-refractivity contribution in [3.63, 3.8) is 0 Å². The predicted octanol–water partition coefficient (Wildman–Crippen LogP) is 4.94. The minimum Gasteiger partial charge on any atom is -0.469 e. The molecule has 2 atom stereocenters. The van der Waals surface area contributed by atoms with E-state index in [1.54, 1.807) is 31.2 Å². The van der Waals surface area contributed by atoms with E-state index in [1.807, 2.05) is 0 Å². The number of H-pyrrole nitrogens is 2. The SMILES string of the molecule is COC(=O)CCC1=C(CC(=O)OC)c2cc3nc(cc4[nH]c(cc5[nH]c(cc1n2)c(CC(=O)OC)c5CCC(=O)OC)c(CCC(=O)OC)c4CC(=O)OC)[C@@](C)(CC(=O)OC)[C@@H]3CCC(=O)OC. The number of methoxy groups -OCH3 is 8. The van der Waals surface area contributed by atoms with Crippen LogP contribution in [0.15, 0.2) is 24.3 Å². The lowest BCUT2D eigenvalue weighted by Crippen LogP contribution is -2.31. The van der Waals surface area contributed by atoms with Crippen LogP contribution in [0, 0.1) is 0 Å². The Morgan fingerprint density at radius 1 is 0.464 bits per heavy atom. The van der Waals surface area contributed by atoms with Gasteiger partial charge < -0.3 is 47.9 Å². The molecule has 0 aliphatic carbocycles. The zero-order valence-electron chi connectivity index (χ0n) is 40.3. The van der Waals surface area contributed by atoms with Crippen molar-refractivity contribution < 1.29 is 76.3 Å². The molecule has 0 radical (unpaired) electrons. The lowest BCUT2D eigenvalue weighted by molar-refractivity contribution is -0.143. The standard InChI is InChI=1S/C49H58N4O16/c1-49(25-48(61)69-9)32(13-17-44(57)65-5)39-23-37-30(19-46(59)67-7)27(11-15-42(55)63-3)35(51-37)22-36-29(18-45(58)66-6)26(10-14-41(54)62-2)33(50-36)21-34-28(12-16-43(56)64-4)31(20-47(60)68-8)38(52-34)24-40(49)53-39/h21-24,32,50,52H,10-20,25H2,1-9H3/t32-,49+/m1/s1. The van der Waals surface area contributed by atoms with Gasteiger partial charge in [-0.3, -0.25) is 43.3 Å². The molecule has 0 saturated carbocycles. The van der Waals surface area contributed by atoms with Crippen LogP contribution in [0.2, 0.25) is 0 Å². The van der Waals surface area contributed by atoms with Crippen LogP contribution >= 0.6 is 0 Å². The average molecular weight is 959 g/mol. The van der Waals surface area contributed by atoms with Crippen molar-refractivity contribution in [2.45, 2.75) is 95.3 Å². The van der Waals surface area contributed by atoms with Gasteiger partial charge in [-0.2, -0.15) is 0 Å². The van der Waals surface area contributed by atoms with Crippen LogP contribution in [0.25, 0.3) is 33.2 Å². The molecular formula is C49H58N4O16. The molecule has 3 aromatic heterocycles. The lowest BCUT2D eigenvalue weighted by atomic mass is 9.70. The maximum absolute atomic E-state index is 13.4. The van der Waals surface area contributed by atoms with Gasteiger partial charge in [-0.15, -0.1) is 0 Å². The van der Waals surface area contributed by atoms with E-state index in [0.717, 1.165) is 0 Å². The van der Waals surface area contributed by atoms with E-state index in [4.69, 9.17) is 47.9 Å². The van der Waals surface area contributed by atoms with Gasteiger partial charge in [0.2, 0.25) is 0 Å². The maximum Gasteiger partial charge on any atom is 0.310 e. The Bertz CT molecular complexity index is 2710. The van der Waals surface area contributed by atoms with Gasteiger partial charge in [0.15, 0.2) is 0 Å². The summed E-state index contributed by atoms with van der Waals surface area (Å²) in [5, 5.41) is 0. The summed E-state index contributed by atoms with van der Waals surface area (Å²) in [5.74, 6) is -5.28. The number of hydrogen-bond acceptors (Lipinski definition) is 18. The Morgan fingerprint density at radius 3 is 1.38 bits per heavy atom. The van der Waals surface area contributed by atoms with E-state index in [9.17, 15) is 38.4 Å². The Hall–Kier alpha value is -7.38. The summed E-state index contributed by atoms with van der Waals surface area (Å²) in [4.78, 5) is 121. The van der Waals surface area contributed by atoms with Gasteiger partial charge in [0.05, 0.1) is 93.9 Å². The number of fused-ring (bicyclic) bond motifs is 8. The van der Waals surface area contributed by atoms with Gasteiger partial charge in [-0.1, -0.05) is 6.92 Å². The topological polar surface area (TPSA) is 268 Å². The van der Waals surface area contributed by atoms with Crippen LogP contribution in [0.3, 0.4) is 0 Å². The highest BCUT2D eigenvalue weighted by atomic mass is 16.5. The molecule has 0 aromatic carbocycles. The molecule has 370 valence electrons. The number of aromatic amines is 2. The molecule has 20 heteroatoms. The molecule has 0 unspecified atom stereocenters. The van der Waals surface area contributed by atoms with Crippen molar-refractivity contribution in [1.82, 2.24) is 19.9 Å². The Kier molecular flexibility index (Phi) is 18.0. The zero-order chi connectivity index (χ0) is 50.6. The quantitative estimate of drug-likeness (QED) is 0.112. The first-order valence-corrected chi connectivity index (χ1v) is 22.0. The molecule has 5 rings (SSSR count). The molecular weight excluding hydrogens is 901 g/mol. The number of rotatable bonds is 20. The molecule has 8 bridgehead atoms. The van der Waals surface area contributed by atoms with E-state index in [0.29, 0.717) is 66.9 Å². The predicted molar refractivity (Wildman–Crippen MR) is 246 cm³/mol. The van der Waals surface area contributed by atoms with Gasteiger partial charge in [0, 0.05) is 70.5 Å². The fraction of sp³-hybridized carbons (Fsp3) is 0.469. The summed E-state index contributed by atoms with van der Waals surface area (Å²) in [6.07, 6.45) is -1.24. The Balaban J connectivity index is 2.12. The summed E-state index contributed by atoms with van der Waals surface area (Å²) in [6.45, 7) is 1.80. The third-order valence-corrected chi connectivity index (χ3v) is 12.6. The molecule has 0 fully saturated rings. The minimum absolute atomic E-state index is 0.0356. The second-order valence-corrected chi connectivity index (χ2v) is 16.5. The van der Waals surface area contributed by atoms with Crippen molar-refractivity contribution in [1.29, 1.82) is 0 Å². The summed E-state index contributed by atoms with van der Waals surface area (Å²) >= 11 is 0. The van der Waals surface area contributed by atoms with Gasteiger partial charge >= 0.3 is 47.8 Å². The number of aryl methyl sites for hydroxylation is 2. The van der Waals surface area contributed by atoms with Gasteiger partial charge in [0.25, 0.3) is 0 Å². The maximum atomic E-state index is 13.4. The number of nitrogens with zero attached hydrogens (tertiary/aromatic N) is 2. The fourth-order valence-electron chi connectivity index (χ4n) is 8.79. The van der Waals surface area contributed by atoms with Crippen molar-refractivity contribution in [2.75, 3.05) is 56.9 Å². The summed E-state index contributed by atoms with van der Waals surface area (Å²) in [6, 6.07) is 6.73. The second-order valence-electron chi connectivity index (χ2n) is 16.5. The van der Waals surface area contributed by atoms with E-state index in [1.165, 1.54) is 56.9 Å². The molecule has 0 saturated heterocycles. The molecule has 20 nitrogen and oxygen atoms in total. The summed E-state index contributed by atoms with van der Waals surface area (Å²) < 4.78 is 40.7. The van der Waals surface area contributed by atoms with Crippen molar-refractivity contribution in [2.24, 2.45) is 0 Å². The fourth-order valence-corrected chi connectivity index (χ4v) is 8.79. The number of carbonyl (C=O) groups excluding carboxylic acids is 8. The first-order valence-electron chi connectivity index (χ1n) is 22.0. The molecule has 2 aliphatic rings. The van der Waals surface area contributed by atoms with Crippen molar-refractivity contribution in [3.05, 3.63) is 69.3 Å². The number of aromatic nitrogens is 4. The van der Waals surface area contributed by atoms with Crippen molar-refractivity contribution in [3.8, 4) is 0 Å². The molecule has 3 aromatic rings. The second kappa shape index (κ2) is 23.6. The third-order valence-electron chi connectivity index (χ3n) is 12.6. The van der Waals surface area contributed by atoms with E-state index in [-0.39, 0.29) is 88.4 Å². The van der Waals surface area contributed by atoms with Gasteiger partial charge in [-0.05, 0) is 83.3 Å². The summed E-state index contributed by atoms with van der Waals surface area (Å²) in [5.41, 5.74) is 4.26. The normalized spacial score (nSPS) is 15.2. The zero-order valence-corrected chi connectivity index (χ0v) is 40.3. The van der Waals surface area contributed by atoms with Crippen LogP contribution in [-0.4, -0.2) is 125 Å². The van der Waals surface area contributed by atoms with Gasteiger partial charge in [-0.25, -0.2) is 4.98 Å². The van der Waals surface area contributed by atoms with Crippen LogP contribution in [0.1, 0.15) is 109 Å². The highest BCUT2D eigenvalue weighted by molar-refractivity contribution is 6.00. The summed E-state index contributed by atoms with van der Waals surface area (Å²) in [7, 11) is 9.99. The average Bonchev–Trinajstić information content (AvgIpc) is 4.02. The van der Waals surface area contributed by atoms with E-state index >= 15 is 0 Å². The van der Waals surface area contributed by atoms with Crippen LogP contribution < -0.4 is 0 Å². The highest BCUT2D eigenvalue weighted by Gasteiger charge is 2.45. The highest BCUT2D eigenvalue weighted by Crippen LogP contribution is 2.49. The third kappa shape index (κ3) is 12.4. The number of nitrogens with one attached hydrogen (secondary N) is 2. The number of esters is 8. The van der Waals surface area contributed by atoms with Crippen LogP contribution in [-0.2, 0) is 107 Å². The number of allylic oxidation sites excluding steroid dienone is 1. The number of hydrogen-bond donors (Lipinski definition) is 2. The minimum atomic E-state index is -1.21. The lowest BCUT2D eigenvalue weighted by Gasteiger charge is -2.30. The van der Waals surface area contributed by atoms with Crippen LogP contribution in [0.5, 0.6) is 0 Å². The molecule has 2 N–H and O–H groups in total. The van der Waals surface area contributed by atoms with Crippen LogP contribution in [0.4, 0.5) is 0 Å². The molecule has 69 heavy (non-hydrogen) atoms. The molecule has 5 heterocycles. The van der Waals surface area contributed by atoms with E-state index < -0.39 is 59.1 Å². The van der Waals surface area contributed by atoms with Crippen molar-refractivity contribution >= 4 is 81.0 Å². The first kappa shape index (κ1) is 52.6. The Labute approximate surface area is 397 Å². The van der Waals surface area contributed by atoms with Gasteiger partial charge in [0.1, 0.15) is 0 Å². The smallest absolute Gasteiger partial charge is 0.310 e. The number of carbonyl (C=O) groups is 8. The molecule has 2 aliphatic heterocycles. The number of ether oxygens (including phenoxy) is 8. The first-order chi connectivity index (χ1) is 33.0. The largest absolute Gasteiger partial charge is 0.469 e. The molecule has 0 spiro atoms. The Morgan fingerprint density at radius 2 is 0.884 bits per heavy atom.